The molecular weight excluding hydrogens is 268 g/mol. The first-order valence-electron chi connectivity index (χ1n) is 7.02. The minimum absolute atomic E-state index is 0.546. The van der Waals surface area contributed by atoms with Gasteiger partial charge in [-0.05, 0) is 26.3 Å². The van der Waals surface area contributed by atoms with E-state index in [9.17, 15) is 0 Å². The lowest BCUT2D eigenvalue weighted by atomic mass is 10.2. The molecule has 1 aromatic rings. The standard InChI is InChI=1S/C16H24O3Si/c1-5-17-20(18-6-2,19-7-3)15(4)13-14-16-11-9-8-10-12-16/h8-14H,4-7H2,1-3H3/b14-13+. The molecule has 0 aliphatic heterocycles. The lowest BCUT2D eigenvalue weighted by Crippen LogP contribution is -2.47. The third kappa shape index (κ3) is 4.72. The molecule has 0 unspecified atom stereocenters. The van der Waals surface area contributed by atoms with Crippen LogP contribution in [0.3, 0.4) is 0 Å². The fourth-order valence-corrected chi connectivity index (χ4v) is 4.07. The summed E-state index contributed by atoms with van der Waals surface area (Å²) in [6.45, 7) is 11.6. The fraction of sp³-hybridized carbons (Fsp3) is 0.375. The van der Waals surface area contributed by atoms with Crippen LogP contribution < -0.4 is 0 Å². The Hall–Kier alpha value is -1.20. The highest BCUT2D eigenvalue weighted by Crippen LogP contribution is 2.21. The lowest BCUT2D eigenvalue weighted by molar-refractivity contribution is 0.0819. The van der Waals surface area contributed by atoms with Gasteiger partial charge in [-0.25, -0.2) is 0 Å². The Morgan fingerprint density at radius 2 is 1.50 bits per heavy atom. The van der Waals surface area contributed by atoms with Gasteiger partial charge in [-0.1, -0.05) is 49.1 Å². The van der Waals surface area contributed by atoms with Gasteiger partial charge >= 0.3 is 8.80 Å². The molecule has 0 aliphatic rings. The average Bonchev–Trinajstić information content (AvgIpc) is 2.46. The Morgan fingerprint density at radius 1 is 1.00 bits per heavy atom. The van der Waals surface area contributed by atoms with Gasteiger partial charge < -0.3 is 13.3 Å². The summed E-state index contributed by atoms with van der Waals surface area (Å²) < 4.78 is 17.4. The van der Waals surface area contributed by atoms with Crippen LogP contribution in [-0.4, -0.2) is 28.6 Å². The van der Waals surface area contributed by atoms with Crippen LogP contribution in [0.15, 0.2) is 48.2 Å². The van der Waals surface area contributed by atoms with E-state index < -0.39 is 8.80 Å². The Balaban J connectivity index is 2.89. The molecule has 0 fully saturated rings. The molecule has 3 nitrogen and oxygen atoms in total. The highest BCUT2D eigenvalue weighted by Gasteiger charge is 2.43. The zero-order valence-electron chi connectivity index (χ0n) is 12.6. The first kappa shape index (κ1) is 16.9. The Morgan fingerprint density at radius 3 is 1.95 bits per heavy atom. The number of rotatable bonds is 9. The van der Waals surface area contributed by atoms with Gasteiger partial charge in [0.05, 0.1) is 0 Å². The van der Waals surface area contributed by atoms with Crippen molar-refractivity contribution in [1.82, 2.24) is 0 Å². The molecule has 0 atom stereocenters. The molecule has 0 radical (unpaired) electrons. The SMILES string of the molecule is C=C(/C=C/c1ccccc1)[Si](OCC)(OCC)OCC. The normalized spacial score (nSPS) is 11.9. The van der Waals surface area contributed by atoms with E-state index in [2.05, 4.69) is 6.58 Å². The number of allylic oxidation sites excluding steroid dienone is 2. The molecule has 0 aromatic heterocycles. The van der Waals surface area contributed by atoms with E-state index in [1.54, 1.807) is 0 Å². The van der Waals surface area contributed by atoms with E-state index in [4.69, 9.17) is 13.3 Å². The summed E-state index contributed by atoms with van der Waals surface area (Å²) in [7, 11) is -2.83. The largest absolute Gasteiger partial charge is 0.536 e. The second-order valence-electron chi connectivity index (χ2n) is 4.12. The second kappa shape index (κ2) is 8.87. The first-order chi connectivity index (χ1) is 9.68. The van der Waals surface area contributed by atoms with Crippen molar-refractivity contribution in [3.63, 3.8) is 0 Å². The molecule has 110 valence electrons. The van der Waals surface area contributed by atoms with Crippen LogP contribution in [0, 0.1) is 0 Å². The van der Waals surface area contributed by atoms with Gasteiger partial charge in [0.15, 0.2) is 0 Å². The molecule has 0 aliphatic carbocycles. The topological polar surface area (TPSA) is 27.7 Å². The van der Waals surface area contributed by atoms with Crippen molar-refractivity contribution in [2.75, 3.05) is 19.8 Å². The Labute approximate surface area is 123 Å². The number of benzene rings is 1. The summed E-state index contributed by atoms with van der Waals surface area (Å²) in [6.07, 6.45) is 3.93. The van der Waals surface area contributed by atoms with E-state index in [1.807, 2.05) is 63.3 Å². The average molecular weight is 292 g/mol. The minimum Gasteiger partial charge on any atom is -0.370 e. The zero-order valence-corrected chi connectivity index (χ0v) is 13.6. The molecule has 1 aromatic carbocycles. The fourth-order valence-electron chi connectivity index (χ4n) is 1.84. The highest BCUT2D eigenvalue weighted by molar-refractivity contribution is 6.69. The van der Waals surface area contributed by atoms with Crippen molar-refractivity contribution in [2.24, 2.45) is 0 Å². The van der Waals surface area contributed by atoms with Crippen molar-refractivity contribution in [1.29, 1.82) is 0 Å². The Bertz CT molecular complexity index is 412. The van der Waals surface area contributed by atoms with Gasteiger partial charge in [-0.2, -0.15) is 0 Å². The van der Waals surface area contributed by atoms with Crippen LogP contribution in [0.5, 0.6) is 0 Å². The second-order valence-corrected chi connectivity index (χ2v) is 6.75. The predicted octanol–water partition coefficient (Wildman–Crippen LogP) is 3.84. The van der Waals surface area contributed by atoms with Crippen molar-refractivity contribution in [3.8, 4) is 0 Å². The molecule has 0 spiro atoms. The van der Waals surface area contributed by atoms with Gasteiger partial charge in [0, 0.05) is 25.0 Å². The van der Waals surface area contributed by atoms with Crippen LogP contribution in [0.4, 0.5) is 0 Å². The van der Waals surface area contributed by atoms with Gasteiger partial charge in [0.1, 0.15) is 0 Å². The van der Waals surface area contributed by atoms with Crippen molar-refractivity contribution in [2.45, 2.75) is 20.8 Å². The van der Waals surface area contributed by atoms with Crippen molar-refractivity contribution in [3.05, 3.63) is 53.7 Å². The maximum Gasteiger partial charge on any atom is 0.536 e. The quantitative estimate of drug-likeness (QED) is 0.511. The third-order valence-electron chi connectivity index (χ3n) is 2.67. The lowest BCUT2D eigenvalue weighted by Gasteiger charge is -2.28. The molecule has 20 heavy (non-hydrogen) atoms. The molecule has 0 heterocycles. The summed E-state index contributed by atoms with van der Waals surface area (Å²) in [5.74, 6) is 0. The smallest absolute Gasteiger partial charge is 0.370 e. The molecule has 1 rings (SSSR count). The van der Waals surface area contributed by atoms with Crippen LogP contribution >= 0.6 is 0 Å². The molecule has 0 amide bonds. The van der Waals surface area contributed by atoms with Crippen LogP contribution in [0.1, 0.15) is 26.3 Å². The van der Waals surface area contributed by atoms with E-state index in [0.717, 1.165) is 10.8 Å². The van der Waals surface area contributed by atoms with Crippen LogP contribution in [0.25, 0.3) is 6.08 Å². The third-order valence-corrected chi connectivity index (χ3v) is 5.63. The van der Waals surface area contributed by atoms with E-state index in [0.29, 0.717) is 19.8 Å². The van der Waals surface area contributed by atoms with E-state index in [1.165, 1.54) is 0 Å². The summed E-state index contributed by atoms with van der Waals surface area (Å²) in [4.78, 5) is 0. The van der Waals surface area contributed by atoms with Gasteiger partial charge in [0.25, 0.3) is 0 Å². The Kier molecular flexibility index (Phi) is 7.47. The molecule has 0 saturated heterocycles. The molecule has 0 bridgehead atoms. The van der Waals surface area contributed by atoms with Crippen LogP contribution in [0.2, 0.25) is 0 Å². The van der Waals surface area contributed by atoms with Crippen molar-refractivity contribution >= 4 is 14.9 Å². The van der Waals surface area contributed by atoms with E-state index in [-0.39, 0.29) is 0 Å². The molecule has 0 saturated carbocycles. The number of hydrogen-bond acceptors (Lipinski definition) is 3. The maximum atomic E-state index is 5.80. The maximum absolute atomic E-state index is 5.80. The van der Waals surface area contributed by atoms with Gasteiger partial charge in [-0.3, -0.25) is 0 Å². The summed E-state index contributed by atoms with van der Waals surface area (Å²) in [6, 6.07) is 10.1. The minimum atomic E-state index is -2.83. The molecular formula is C16H24O3Si. The number of hydrogen-bond donors (Lipinski definition) is 0. The van der Waals surface area contributed by atoms with Crippen LogP contribution in [-0.2, 0) is 13.3 Å². The first-order valence-corrected chi connectivity index (χ1v) is 8.75. The monoisotopic (exact) mass is 292 g/mol. The summed E-state index contributed by atoms with van der Waals surface area (Å²) in [5, 5.41) is 0.784. The molecule has 0 N–H and O–H groups in total. The summed E-state index contributed by atoms with van der Waals surface area (Å²) >= 11 is 0. The zero-order chi connectivity index (χ0) is 14.8. The molecule has 4 heteroatoms. The highest BCUT2D eigenvalue weighted by atomic mass is 28.4. The summed E-state index contributed by atoms with van der Waals surface area (Å²) in [5.41, 5.74) is 1.11. The predicted molar refractivity (Wildman–Crippen MR) is 85.2 cm³/mol. The van der Waals surface area contributed by atoms with Crippen molar-refractivity contribution < 1.29 is 13.3 Å². The van der Waals surface area contributed by atoms with Gasteiger partial charge in [0.2, 0.25) is 0 Å². The van der Waals surface area contributed by atoms with Gasteiger partial charge in [-0.15, -0.1) is 0 Å². The van der Waals surface area contributed by atoms with E-state index >= 15 is 0 Å².